The van der Waals surface area contributed by atoms with Gasteiger partial charge in [-0.3, -0.25) is 4.79 Å². The molecule has 0 saturated heterocycles. The van der Waals surface area contributed by atoms with Crippen LogP contribution >= 0.6 is 0 Å². The van der Waals surface area contributed by atoms with Gasteiger partial charge in [-0.15, -0.1) is 0 Å². The zero-order valence-electron chi connectivity index (χ0n) is 12.9. The third-order valence-electron chi connectivity index (χ3n) is 4.53. The van der Waals surface area contributed by atoms with E-state index in [1.165, 1.54) is 23.1 Å². The summed E-state index contributed by atoms with van der Waals surface area (Å²) in [5.41, 5.74) is 0.719. The monoisotopic (exact) mass is 300 g/mol. The fourth-order valence-corrected chi connectivity index (χ4v) is 3.40. The van der Waals surface area contributed by atoms with Gasteiger partial charge in [0.1, 0.15) is 5.78 Å². The van der Waals surface area contributed by atoms with Gasteiger partial charge in [-0.05, 0) is 39.2 Å². The molecule has 0 N–H and O–H groups in total. The van der Waals surface area contributed by atoms with Crippen molar-refractivity contribution in [1.82, 2.24) is 0 Å². The third-order valence-corrected chi connectivity index (χ3v) is 4.53. The lowest BCUT2D eigenvalue weighted by Crippen LogP contribution is -2.03. The Morgan fingerprint density at radius 1 is 0.739 bits per heavy atom. The molecule has 0 unspecified atom stereocenters. The van der Waals surface area contributed by atoms with E-state index in [-0.39, 0.29) is 18.0 Å². The highest BCUT2D eigenvalue weighted by Crippen LogP contribution is 2.36. The number of hydrogen-bond acceptors (Lipinski definition) is 2. The van der Waals surface area contributed by atoms with Crippen molar-refractivity contribution >= 4 is 43.9 Å². The standard InChI is InChI=1S/C21H16O2/c1-13(22)5-12-19(23)17-10-8-16-7-6-14-3-2-4-15-9-11-18(17)21(16)20(14)15/h2-4,6-11H,5,12H2,1H3. The molecule has 4 aromatic carbocycles. The summed E-state index contributed by atoms with van der Waals surface area (Å²) in [5, 5.41) is 6.87. The van der Waals surface area contributed by atoms with Crippen molar-refractivity contribution in [3.63, 3.8) is 0 Å². The van der Waals surface area contributed by atoms with Gasteiger partial charge in [0.05, 0.1) is 0 Å². The van der Waals surface area contributed by atoms with Crippen molar-refractivity contribution in [2.45, 2.75) is 19.8 Å². The van der Waals surface area contributed by atoms with Gasteiger partial charge in [-0.2, -0.15) is 0 Å². The van der Waals surface area contributed by atoms with Crippen molar-refractivity contribution < 1.29 is 9.59 Å². The number of Topliss-reactive ketones (excluding diaryl/α,β-unsaturated/α-hetero) is 2. The molecule has 0 spiro atoms. The molecule has 0 aliphatic rings. The van der Waals surface area contributed by atoms with E-state index in [4.69, 9.17) is 0 Å². The fourth-order valence-electron chi connectivity index (χ4n) is 3.40. The minimum Gasteiger partial charge on any atom is -0.300 e. The first-order valence-electron chi connectivity index (χ1n) is 7.84. The van der Waals surface area contributed by atoms with Crippen LogP contribution in [0.5, 0.6) is 0 Å². The van der Waals surface area contributed by atoms with Crippen LogP contribution in [0.15, 0.2) is 54.6 Å². The highest BCUT2D eigenvalue weighted by Gasteiger charge is 2.15. The number of hydrogen-bond donors (Lipinski definition) is 0. The molecule has 0 aromatic heterocycles. The molecule has 112 valence electrons. The predicted molar refractivity (Wildman–Crippen MR) is 94.4 cm³/mol. The molecule has 0 radical (unpaired) electrons. The SMILES string of the molecule is CC(=O)CCC(=O)c1ccc2ccc3cccc4ccc1c2c34. The average molecular weight is 300 g/mol. The normalized spacial score (nSPS) is 11.5. The van der Waals surface area contributed by atoms with E-state index >= 15 is 0 Å². The molecule has 2 heteroatoms. The second-order valence-electron chi connectivity index (χ2n) is 6.09. The maximum atomic E-state index is 12.5. The lowest BCUT2D eigenvalue weighted by atomic mass is 9.90. The van der Waals surface area contributed by atoms with Crippen LogP contribution in [0, 0.1) is 0 Å². The first-order chi connectivity index (χ1) is 11.1. The van der Waals surface area contributed by atoms with Crippen molar-refractivity contribution in [2.75, 3.05) is 0 Å². The third kappa shape index (κ3) is 2.18. The van der Waals surface area contributed by atoms with Crippen LogP contribution in [-0.4, -0.2) is 11.6 Å². The molecule has 23 heavy (non-hydrogen) atoms. The lowest BCUT2D eigenvalue weighted by molar-refractivity contribution is -0.116. The van der Waals surface area contributed by atoms with Crippen molar-refractivity contribution in [1.29, 1.82) is 0 Å². The highest BCUT2D eigenvalue weighted by atomic mass is 16.1. The quantitative estimate of drug-likeness (QED) is 0.386. The van der Waals surface area contributed by atoms with E-state index in [9.17, 15) is 9.59 Å². The summed E-state index contributed by atoms with van der Waals surface area (Å²) in [4.78, 5) is 23.7. The van der Waals surface area contributed by atoms with Crippen LogP contribution in [0.4, 0.5) is 0 Å². The molecule has 0 aliphatic carbocycles. The van der Waals surface area contributed by atoms with Gasteiger partial charge < -0.3 is 4.79 Å². The molecular formula is C21H16O2. The molecule has 2 nitrogen and oxygen atoms in total. The summed E-state index contributed by atoms with van der Waals surface area (Å²) in [6, 6.07) is 18.5. The lowest BCUT2D eigenvalue weighted by Gasteiger charge is -2.13. The maximum absolute atomic E-state index is 12.5. The molecule has 4 aromatic rings. The first kappa shape index (κ1) is 13.9. The van der Waals surface area contributed by atoms with E-state index in [0.717, 1.165) is 21.7 Å². The van der Waals surface area contributed by atoms with Gasteiger partial charge in [-0.25, -0.2) is 0 Å². The van der Waals surface area contributed by atoms with Crippen molar-refractivity contribution in [3.05, 3.63) is 60.2 Å². The van der Waals surface area contributed by atoms with E-state index < -0.39 is 0 Å². The Kier molecular flexibility index (Phi) is 3.12. The molecule has 0 atom stereocenters. The first-order valence-corrected chi connectivity index (χ1v) is 7.84. The van der Waals surface area contributed by atoms with Crippen molar-refractivity contribution in [3.8, 4) is 0 Å². The number of benzene rings is 4. The summed E-state index contributed by atoms with van der Waals surface area (Å²) in [7, 11) is 0. The summed E-state index contributed by atoms with van der Waals surface area (Å²) < 4.78 is 0. The number of ketones is 2. The van der Waals surface area contributed by atoms with Crippen molar-refractivity contribution in [2.24, 2.45) is 0 Å². The zero-order valence-corrected chi connectivity index (χ0v) is 12.9. The average Bonchev–Trinajstić information content (AvgIpc) is 2.57. The van der Waals surface area contributed by atoms with E-state index in [1.807, 2.05) is 18.2 Å². The van der Waals surface area contributed by atoms with Gasteiger partial charge in [-0.1, -0.05) is 54.6 Å². The van der Waals surface area contributed by atoms with Gasteiger partial charge >= 0.3 is 0 Å². The van der Waals surface area contributed by atoms with Gasteiger partial charge in [0.2, 0.25) is 0 Å². The smallest absolute Gasteiger partial charge is 0.163 e. The van der Waals surface area contributed by atoms with Crippen LogP contribution in [-0.2, 0) is 4.79 Å². The Morgan fingerprint density at radius 3 is 2.04 bits per heavy atom. The Bertz CT molecular complexity index is 1040. The second kappa shape index (κ2) is 5.17. The molecule has 0 heterocycles. The van der Waals surface area contributed by atoms with E-state index in [2.05, 4.69) is 36.4 Å². The number of rotatable bonds is 4. The van der Waals surface area contributed by atoms with Crippen LogP contribution < -0.4 is 0 Å². The summed E-state index contributed by atoms with van der Waals surface area (Å²) in [6.45, 7) is 1.53. The number of carbonyl (C=O) groups excluding carboxylic acids is 2. The molecule has 4 rings (SSSR count). The Labute approximate surface area is 134 Å². The van der Waals surface area contributed by atoms with Crippen LogP contribution in [0.1, 0.15) is 30.1 Å². The van der Waals surface area contributed by atoms with E-state index in [1.54, 1.807) is 0 Å². The second-order valence-corrected chi connectivity index (χ2v) is 6.09. The highest BCUT2D eigenvalue weighted by molar-refractivity contribution is 6.26. The Morgan fingerprint density at radius 2 is 1.35 bits per heavy atom. The summed E-state index contributed by atoms with van der Waals surface area (Å²) >= 11 is 0. The molecule has 0 amide bonds. The van der Waals surface area contributed by atoms with Gasteiger partial charge in [0, 0.05) is 18.4 Å². The Hall–Kier alpha value is -2.74. The largest absolute Gasteiger partial charge is 0.300 e. The minimum absolute atomic E-state index is 0.0399. The van der Waals surface area contributed by atoms with Crippen LogP contribution in [0.2, 0.25) is 0 Å². The van der Waals surface area contributed by atoms with Crippen LogP contribution in [0.3, 0.4) is 0 Å². The predicted octanol–water partition coefficient (Wildman–Crippen LogP) is 5.14. The van der Waals surface area contributed by atoms with E-state index in [0.29, 0.717) is 6.42 Å². The topological polar surface area (TPSA) is 34.1 Å². The summed E-state index contributed by atoms with van der Waals surface area (Å²) in [6.07, 6.45) is 0.583. The zero-order chi connectivity index (χ0) is 16.0. The van der Waals surface area contributed by atoms with Gasteiger partial charge in [0.25, 0.3) is 0 Å². The summed E-state index contributed by atoms with van der Waals surface area (Å²) in [5.74, 6) is 0.0918. The Balaban J connectivity index is 2.00. The molecule has 0 aliphatic heterocycles. The molecule has 0 saturated carbocycles. The van der Waals surface area contributed by atoms with Gasteiger partial charge in [0.15, 0.2) is 5.78 Å². The maximum Gasteiger partial charge on any atom is 0.163 e. The van der Waals surface area contributed by atoms with Crippen LogP contribution in [0.25, 0.3) is 32.3 Å². The minimum atomic E-state index is 0.0399. The molecule has 0 bridgehead atoms. The number of carbonyl (C=O) groups is 2. The fraction of sp³-hybridized carbons (Fsp3) is 0.143. The molecule has 0 fully saturated rings. The molecular weight excluding hydrogens is 284 g/mol.